The van der Waals surface area contributed by atoms with E-state index in [2.05, 4.69) is 10.5 Å². The number of nitro benzene ring substituents is 1. The minimum atomic E-state index is -0.421. The van der Waals surface area contributed by atoms with Crippen molar-refractivity contribution in [3.05, 3.63) is 34.4 Å². The van der Waals surface area contributed by atoms with Gasteiger partial charge in [-0.15, -0.1) is 0 Å². The van der Waals surface area contributed by atoms with Crippen molar-refractivity contribution in [3.8, 4) is 0 Å². The Hall–Kier alpha value is -1.91. The summed E-state index contributed by atoms with van der Waals surface area (Å²) in [6.07, 6.45) is 1.67. The molecule has 0 fully saturated rings. The van der Waals surface area contributed by atoms with Crippen molar-refractivity contribution < 1.29 is 4.92 Å². The topological polar surface area (TPSA) is 67.5 Å². The van der Waals surface area contributed by atoms with Crippen LogP contribution in [0.1, 0.15) is 26.7 Å². The number of anilines is 1. The van der Waals surface area contributed by atoms with Crippen LogP contribution in [0.15, 0.2) is 29.4 Å². The van der Waals surface area contributed by atoms with Gasteiger partial charge in [-0.1, -0.05) is 26.0 Å². The summed E-state index contributed by atoms with van der Waals surface area (Å²) in [6.45, 7) is 4.01. The molecule has 1 rings (SSSR count). The summed E-state index contributed by atoms with van der Waals surface area (Å²) in [5.74, 6) is 0. The third-order valence-corrected chi connectivity index (χ3v) is 2.25. The molecule has 16 heavy (non-hydrogen) atoms. The molecule has 0 heterocycles. The predicted octanol–water partition coefficient (Wildman–Crippen LogP) is 3.18. The first-order chi connectivity index (χ1) is 7.69. The molecule has 0 atom stereocenters. The maximum Gasteiger partial charge on any atom is 0.294 e. The molecule has 0 saturated heterocycles. The standard InChI is InChI=1S/C11H15N3O2/c1-3-9(4-2)12-13-10-7-5-6-8-11(10)14(15)16/h5-8,13H,3-4H2,1-2H3. The van der Waals surface area contributed by atoms with E-state index in [1.54, 1.807) is 18.2 Å². The van der Waals surface area contributed by atoms with E-state index in [0.29, 0.717) is 5.69 Å². The van der Waals surface area contributed by atoms with E-state index in [0.717, 1.165) is 18.6 Å². The summed E-state index contributed by atoms with van der Waals surface area (Å²) in [4.78, 5) is 10.3. The first-order valence-electron chi connectivity index (χ1n) is 5.23. The first kappa shape index (κ1) is 12.2. The zero-order valence-corrected chi connectivity index (χ0v) is 9.43. The lowest BCUT2D eigenvalue weighted by Gasteiger charge is -2.03. The SMILES string of the molecule is CCC(CC)=NNc1ccccc1[N+](=O)[O-]. The number of para-hydroxylation sites is 2. The van der Waals surface area contributed by atoms with E-state index in [4.69, 9.17) is 0 Å². The number of benzene rings is 1. The summed E-state index contributed by atoms with van der Waals surface area (Å²) in [5, 5.41) is 14.9. The van der Waals surface area contributed by atoms with E-state index in [1.165, 1.54) is 6.07 Å². The average Bonchev–Trinajstić information content (AvgIpc) is 2.30. The maximum atomic E-state index is 10.7. The molecule has 1 aromatic carbocycles. The molecule has 0 spiro atoms. The van der Waals surface area contributed by atoms with Crippen LogP contribution in [0, 0.1) is 10.1 Å². The average molecular weight is 221 g/mol. The van der Waals surface area contributed by atoms with Crippen LogP contribution in [0.3, 0.4) is 0 Å². The second kappa shape index (κ2) is 5.85. The van der Waals surface area contributed by atoms with E-state index in [-0.39, 0.29) is 5.69 Å². The van der Waals surface area contributed by atoms with Crippen molar-refractivity contribution in [3.63, 3.8) is 0 Å². The van der Waals surface area contributed by atoms with Crippen LogP contribution in [0.2, 0.25) is 0 Å². The predicted molar refractivity (Wildman–Crippen MR) is 64.7 cm³/mol. The summed E-state index contributed by atoms with van der Waals surface area (Å²) in [7, 11) is 0. The van der Waals surface area contributed by atoms with Crippen LogP contribution in [-0.4, -0.2) is 10.6 Å². The monoisotopic (exact) mass is 221 g/mol. The number of hydrazone groups is 1. The number of nitrogens with one attached hydrogen (secondary N) is 1. The van der Waals surface area contributed by atoms with E-state index in [9.17, 15) is 10.1 Å². The molecular weight excluding hydrogens is 206 g/mol. The Labute approximate surface area is 94.3 Å². The highest BCUT2D eigenvalue weighted by Crippen LogP contribution is 2.23. The molecule has 5 heteroatoms. The third kappa shape index (κ3) is 3.05. The van der Waals surface area contributed by atoms with Gasteiger partial charge < -0.3 is 0 Å². The van der Waals surface area contributed by atoms with Gasteiger partial charge in [-0.25, -0.2) is 0 Å². The lowest BCUT2D eigenvalue weighted by atomic mass is 10.2. The van der Waals surface area contributed by atoms with Crippen molar-refractivity contribution in [2.24, 2.45) is 5.10 Å². The van der Waals surface area contributed by atoms with Gasteiger partial charge in [-0.2, -0.15) is 5.10 Å². The van der Waals surface area contributed by atoms with Crippen LogP contribution in [0.4, 0.5) is 11.4 Å². The molecule has 0 amide bonds. The van der Waals surface area contributed by atoms with Crippen molar-refractivity contribution >= 4 is 17.1 Å². The van der Waals surface area contributed by atoms with E-state index in [1.807, 2.05) is 13.8 Å². The molecule has 0 bridgehead atoms. The van der Waals surface area contributed by atoms with Crippen molar-refractivity contribution in [1.82, 2.24) is 0 Å². The minimum absolute atomic E-state index is 0.0396. The maximum absolute atomic E-state index is 10.7. The Bertz CT molecular complexity index is 396. The van der Waals surface area contributed by atoms with Gasteiger partial charge in [0.1, 0.15) is 5.69 Å². The van der Waals surface area contributed by atoms with E-state index >= 15 is 0 Å². The van der Waals surface area contributed by atoms with Crippen LogP contribution in [0.5, 0.6) is 0 Å². The fraction of sp³-hybridized carbons (Fsp3) is 0.364. The lowest BCUT2D eigenvalue weighted by Crippen LogP contribution is -2.01. The highest BCUT2D eigenvalue weighted by atomic mass is 16.6. The normalized spacial score (nSPS) is 9.62. The number of nitrogens with zero attached hydrogens (tertiary/aromatic N) is 2. The Morgan fingerprint density at radius 2 is 2.00 bits per heavy atom. The van der Waals surface area contributed by atoms with Gasteiger partial charge in [0.2, 0.25) is 0 Å². The number of hydrogen-bond donors (Lipinski definition) is 1. The molecule has 0 aliphatic heterocycles. The molecular formula is C11H15N3O2. The molecule has 5 nitrogen and oxygen atoms in total. The Balaban J connectivity index is 2.89. The van der Waals surface area contributed by atoms with Gasteiger partial charge in [0.15, 0.2) is 0 Å². The largest absolute Gasteiger partial charge is 0.294 e. The van der Waals surface area contributed by atoms with Gasteiger partial charge >= 0.3 is 0 Å². The molecule has 0 radical (unpaired) electrons. The Kier molecular flexibility index (Phi) is 4.44. The van der Waals surface area contributed by atoms with Gasteiger partial charge in [0.05, 0.1) is 4.92 Å². The molecule has 0 aromatic heterocycles. The fourth-order valence-electron chi connectivity index (χ4n) is 1.27. The zero-order valence-electron chi connectivity index (χ0n) is 9.43. The summed E-state index contributed by atoms with van der Waals surface area (Å²) < 4.78 is 0. The number of nitro groups is 1. The summed E-state index contributed by atoms with van der Waals surface area (Å²) in [6, 6.07) is 6.47. The van der Waals surface area contributed by atoms with E-state index < -0.39 is 4.92 Å². The molecule has 86 valence electrons. The number of hydrogen-bond acceptors (Lipinski definition) is 4. The van der Waals surface area contributed by atoms with Crippen molar-refractivity contribution in [2.45, 2.75) is 26.7 Å². The molecule has 0 aliphatic rings. The Morgan fingerprint density at radius 1 is 1.38 bits per heavy atom. The molecule has 0 saturated carbocycles. The summed E-state index contributed by atoms with van der Waals surface area (Å²) in [5.41, 5.74) is 4.19. The highest BCUT2D eigenvalue weighted by molar-refractivity contribution is 5.84. The quantitative estimate of drug-likeness (QED) is 0.471. The highest BCUT2D eigenvalue weighted by Gasteiger charge is 2.11. The van der Waals surface area contributed by atoms with Crippen LogP contribution in [-0.2, 0) is 0 Å². The van der Waals surface area contributed by atoms with Gasteiger partial charge in [-0.05, 0) is 18.9 Å². The Morgan fingerprint density at radius 3 is 2.56 bits per heavy atom. The second-order valence-electron chi connectivity index (χ2n) is 3.27. The minimum Gasteiger partial charge on any atom is -0.272 e. The van der Waals surface area contributed by atoms with Gasteiger partial charge in [0.25, 0.3) is 5.69 Å². The molecule has 1 N–H and O–H groups in total. The lowest BCUT2D eigenvalue weighted by molar-refractivity contribution is -0.384. The summed E-state index contributed by atoms with van der Waals surface area (Å²) >= 11 is 0. The van der Waals surface area contributed by atoms with Crippen LogP contribution < -0.4 is 5.43 Å². The molecule has 1 aromatic rings. The third-order valence-electron chi connectivity index (χ3n) is 2.25. The zero-order chi connectivity index (χ0) is 12.0. The second-order valence-corrected chi connectivity index (χ2v) is 3.27. The fourth-order valence-corrected chi connectivity index (χ4v) is 1.27. The van der Waals surface area contributed by atoms with Crippen molar-refractivity contribution in [2.75, 3.05) is 5.43 Å². The van der Waals surface area contributed by atoms with Gasteiger partial charge in [-0.3, -0.25) is 15.5 Å². The molecule has 0 unspecified atom stereocenters. The molecule has 0 aliphatic carbocycles. The first-order valence-corrected chi connectivity index (χ1v) is 5.23. The van der Waals surface area contributed by atoms with Crippen LogP contribution in [0.25, 0.3) is 0 Å². The van der Waals surface area contributed by atoms with Gasteiger partial charge in [0, 0.05) is 11.8 Å². The van der Waals surface area contributed by atoms with Crippen LogP contribution >= 0.6 is 0 Å². The van der Waals surface area contributed by atoms with Crippen molar-refractivity contribution in [1.29, 1.82) is 0 Å². The number of rotatable bonds is 5. The smallest absolute Gasteiger partial charge is 0.272 e.